The highest BCUT2D eigenvalue weighted by Gasteiger charge is 2.34. The average molecular weight is 497 g/mol. The van der Waals surface area contributed by atoms with E-state index in [9.17, 15) is 18.3 Å². The molecule has 2 aromatic rings. The molecule has 0 aromatic heterocycles. The highest BCUT2D eigenvalue weighted by atomic mass is 35.5. The van der Waals surface area contributed by atoms with Crippen LogP contribution in [-0.2, 0) is 14.8 Å². The Balaban J connectivity index is 1.27. The third-order valence-corrected chi connectivity index (χ3v) is 7.37. The van der Waals surface area contributed by atoms with Gasteiger partial charge in [0, 0.05) is 17.1 Å². The Bertz CT molecular complexity index is 1090. The van der Waals surface area contributed by atoms with Gasteiger partial charge >= 0.3 is 0 Å². The van der Waals surface area contributed by atoms with Gasteiger partial charge in [-0.05, 0) is 61.7 Å². The third-order valence-electron chi connectivity index (χ3n) is 5.61. The van der Waals surface area contributed by atoms with Crippen LogP contribution in [0.1, 0.15) is 29.6 Å². The van der Waals surface area contributed by atoms with Crippen LogP contribution in [0.3, 0.4) is 0 Å². The van der Waals surface area contributed by atoms with E-state index in [2.05, 4.69) is 10.0 Å². The van der Waals surface area contributed by atoms with E-state index in [1.165, 1.54) is 24.3 Å². The fourth-order valence-corrected chi connectivity index (χ4v) is 5.27. The molecule has 1 amide bonds. The van der Waals surface area contributed by atoms with Gasteiger partial charge in [-0.25, -0.2) is 13.1 Å². The maximum absolute atomic E-state index is 12.7. The molecule has 0 bridgehead atoms. The summed E-state index contributed by atoms with van der Waals surface area (Å²) in [4.78, 5) is 12.5. The van der Waals surface area contributed by atoms with Crippen LogP contribution < -0.4 is 19.5 Å². The lowest BCUT2D eigenvalue weighted by Crippen LogP contribution is -2.51. The van der Waals surface area contributed by atoms with Crippen molar-refractivity contribution in [1.82, 2.24) is 10.0 Å². The second-order valence-corrected chi connectivity index (χ2v) is 10.0. The molecule has 0 radical (unpaired) electrons. The van der Waals surface area contributed by atoms with Crippen LogP contribution in [0.5, 0.6) is 11.5 Å². The monoisotopic (exact) mass is 496 g/mol. The van der Waals surface area contributed by atoms with Crippen molar-refractivity contribution >= 4 is 27.5 Å². The van der Waals surface area contributed by atoms with Crippen LogP contribution in [0.15, 0.2) is 47.4 Å². The van der Waals surface area contributed by atoms with Gasteiger partial charge in [-0.3, -0.25) is 4.79 Å². The molecule has 3 atom stereocenters. The van der Waals surface area contributed by atoms with E-state index >= 15 is 0 Å². The molecular formula is C22H25ClN2O7S. The summed E-state index contributed by atoms with van der Waals surface area (Å²) in [7, 11) is -3.78. The number of carbonyl (C=O) groups is 1. The Hall–Kier alpha value is -2.37. The summed E-state index contributed by atoms with van der Waals surface area (Å²) in [5.41, 5.74) is 0.466. The third kappa shape index (κ3) is 5.77. The van der Waals surface area contributed by atoms with E-state index in [4.69, 9.17) is 25.8 Å². The van der Waals surface area contributed by atoms with Gasteiger partial charge < -0.3 is 24.6 Å². The molecule has 3 N–H and O–H groups in total. The molecule has 0 saturated carbocycles. The number of sulfonamides is 1. The second-order valence-electron chi connectivity index (χ2n) is 7.85. The molecule has 178 valence electrons. The van der Waals surface area contributed by atoms with Crippen molar-refractivity contribution in [1.29, 1.82) is 0 Å². The topological polar surface area (TPSA) is 123 Å². The highest BCUT2D eigenvalue weighted by Crippen LogP contribution is 2.32. The van der Waals surface area contributed by atoms with Crippen LogP contribution in [0.4, 0.5) is 0 Å². The molecule has 11 heteroatoms. The summed E-state index contributed by atoms with van der Waals surface area (Å²) < 4.78 is 44.4. The number of hydrogen-bond acceptors (Lipinski definition) is 7. The molecule has 0 aliphatic carbocycles. The molecule has 33 heavy (non-hydrogen) atoms. The van der Waals surface area contributed by atoms with E-state index < -0.39 is 22.2 Å². The standard InChI is InChI=1S/C22H25ClN2O7S/c23-15-2-5-17(6-3-15)33(28,29)25-18-7-4-16(32-21(18)12-26)9-10-24-22(27)14-1-8-19-20(11-14)31-13-30-19/h1-3,5-6,8,11,16,18,21,25-26H,4,7,9-10,12-13H2,(H,24,27)/t16-,18+,21+/m1/s1. The first-order valence-corrected chi connectivity index (χ1v) is 12.4. The van der Waals surface area contributed by atoms with E-state index in [0.717, 1.165) is 0 Å². The van der Waals surface area contributed by atoms with Crippen molar-refractivity contribution in [3.63, 3.8) is 0 Å². The van der Waals surface area contributed by atoms with Gasteiger partial charge in [-0.15, -0.1) is 0 Å². The van der Waals surface area contributed by atoms with Crippen LogP contribution in [0.2, 0.25) is 5.02 Å². The number of amides is 1. The maximum atomic E-state index is 12.7. The quantitative estimate of drug-likeness (QED) is 0.511. The predicted octanol–water partition coefficient (Wildman–Crippen LogP) is 2.08. The van der Waals surface area contributed by atoms with Crippen LogP contribution in [0, 0.1) is 0 Å². The highest BCUT2D eigenvalue weighted by molar-refractivity contribution is 7.89. The molecular weight excluding hydrogens is 472 g/mol. The Morgan fingerprint density at radius 2 is 1.85 bits per heavy atom. The molecule has 1 saturated heterocycles. The number of ether oxygens (including phenoxy) is 3. The van der Waals surface area contributed by atoms with Crippen molar-refractivity contribution in [2.75, 3.05) is 19.9 Å². The number of fused-ring (bicyclic) bond motifs is 1. The molecule has 2 aliphatic heterocycles. The van der Waals surface area contributed by atoms with E-state index in [-0.39, 0.29) is 30.3 Å². The molecule has 2 aliphatic rings. The average Bonchev–Trinajstić information content (AvgIpc) is 3.28. The number of aliphatic hydroxyl groups is 1. The number of rotatable bonds is 8. The number of carbonyl (C=O) groups excluding carboxylic acids is 1. The second kappa shape index (κ2) is 10.3. The first-order chi connectivity index (χ1) is 15.9. The summed E-state index contributed by atoms with van der Waals surface area (Å²) in [5.74, 6) is 0.908. The Kier molecular flexibility index (Phi) is 7.40. The van der Waals surface area contributed by atoms with Crippen molar-refractivity contribution in [2.45, 2.75) is 42.4 Å². The van der Waals surface area contributed by atoms with Crippen molar-refractivity contribution in [3.8, 4) is 11.5 Å². The normalized spacial score (nSPS) is 22.2. The van der Waals surface area contributed by atoms with Gasteiger partial charge in [0.2, 0.25) is 16.8 Å². The van der Waals surface area contributed by atoms with Gasteiger partial charge in [-0.1, -0.05) is 11.6 Å². The van der Waals surface area contributed by atoms with Gasteiger partial charge in [0.15, 0.2) is 11.5 Å². The van der Waals surface area contributed by atoms with Crippen LogP contribution in [0.25, 0.3) is 0 Å². The molecule has 2 heterocycles. The molecule has 4 rings (SSSR count). The Labute approximate surface area is 197 Å². The van der Waals surface area contributed by atoms with Gasteiger partial charge in [0.25, 0.3) is 5.91 Å². The van der Waals surface area contributed by atoms with Crippen molar-refractivity contribution in [3.05, 3.63) is 53.1 Å². The summed E-state index contributed by atoms with van der Waals surface area (Å²) >= 11 is 5.83. The molecule has 0 unspecified atom stereocenters. The van der Waals surface area contributed by atoms with E-state index in [1.807, 2.05) is 0 Å². The minimum atomic E-state index is -3.78. The zero-order valence-electron chi connectivity index (χ0n) is 17.7. The molecule has 9 nitrogen and oxygen atoms in total. The number of benzene rings is 2. The Morgan fingerprint density at radius 1 is 1.09 bits per heavy atom. The lowest BCUT2D eigenvalue weighted by atomic mass is 9.98. The lowest BCUT2D eigenvalue weighted by molar-refractivity contribution is -0.0871. The summed E-state index contributed by atoms with van der Waals surface area (Å²) in [6, 6.07) is 10.3. The lowest BCUT2D eigenvalue weighted by Gasteiger charge is -2.36. The van der Waals surface area contributed by atoms with E-state index in [1.54, 1.807) is 18.2 Å². The minimum absolute atomic E-state index is 0.0944. The fraction of sp³-hybridized carbons (Fsp3) is 0.409. The molecule has 2 aromatic carbocycles. The smallest absolute Gasteiger partial charge is 0.251 e. The zero-order valence-corrected chi connectivity index (χ0v) is 19.3. The zero-order chi connectivity index (χ0) is 23.4. The van der Waals surface area contributed by atoms with Crippen molar-refractivity contribution in [2.24, 2.45) is 0 Å². The number of halogens is 1. The number of aliphatic hydroxyl groups excluding tert-OH is 1. The first kappa shape index (κ1) is 23.8. The largest absolute Gasteiger partial charge is 0.454 e. The Morgan fingerprint density at radius 3 is 2.61 bits per heavy atom. The minimum Gasteiger partial charge on any atom is -0.454 e. The number of hydrogen-bond donors (Lipinski definition) is 3. The predicted molar refractivity (Wildman–Crippen MR) is 120 cm³/mol. The van der Waals surface area contributed by atoms with Gasteiger partial charge in [0.1, 0.15) is 0 Å². The maximum Gasteiger partial charge on any atom is 0.251 e. The fourth-order valence-electron chi connectivity index (χ4n) is 3.85. The molecule has 0 spiro atoms. The SMILES string of the molecule is O=C(NCC[C@H]1CC[C@H](NS(=O)(=O)c2ccc(Cl)cc2)[C@H](CO)O1)c1ccc2c(c1)OCO2. The first-order valence-electron chi connectivity index (χ1n) is 10.6. The van der Waals surface area contributed by atoms with Gasteiger partial charge in [-0.2, -0.15) is 0 Å². The van der Waals surface area contributed by atoms with E-state index in [0.29, 0.717) is 47.9 Å². The summed E-state index contributed by atoms with van der Waals surface area (Å²) in [5, 5.41) is 13.0. The van der Waals surface area contributed by atoms with Crippen LogP contribution in [-0.4, -0.2) is 57.6 Å². The number of nitrogens with one attached hydrogen (secondary N) is 2. The summed E-state index contributed by atoms with van der Waals surface area (Å²) in [6.45, 7) is 0.188. The van der Waals surface area contributed by atoms with Gasteiger partial charge in [0.05, 0.1) is 29.8 Å². The summed E-state index contributed by atoms with van der Waals surface area (Å²) in [6.07, 6.45) is 0.720. The van der Waals surface area contributed by atoms with Crippen molar-refractivity contribution < 1.29 is 32.5 Å². The molecule has 1 fully saturated rings. The van der Waals surface area contributed by atoms with Crippen LogP contribution >= 0.6 is 11.6 Å².